The largest absolute Gasteiger partial charge is 0.341 e. The van der Waals surface area contributed by atoms with E-state index in [1.807, 2.05) is 24.0 Å². The molecule has 5 nitrogen and oxygen atoms in total. The Morgan fingerprint density at radius 3 is 2.91 bits per heavy atom. The van der Waals surface area contributed by atoms with Gasteiger partial charge in [-0.15, -0.1) is 4.68 Å². The number of hydrogen-bond donors (Lipinski definition) is 0. The average Bonchev–Trinajstić information content (AvgIpc) is 3.07. The van der Waals surface area contributed by atoms with Gasteiger partial charge in [0, 0.05) is 15.7 Å². The molecule has 23 heavy (non-hydrogen) atoms. The molecule has 0 unspecified atom stereocenters. The van der Waals surface area contributed by atoms with E-state index in [9.17, 15) is 0 Å². The average molecular weight is 357 g/mol. The molecule has 2 heterocycles. The molecule has 1 fully saturated rings. The van der Waals surface area contributed by atoms with Gasteiger partial charge in [0.15, 0.2) is 6.54 Å². The molecular weight excluding hydrogens is 337 g/mol. The highest BCUT2D eigenvalue weighted by Gasteiger charge is 2.46. The van der Waals surface area contributed by atoms with E-state index in [0.29, 0.717) is 23.2 Å². The minimum atomic E-state index is -0.944. The van der Waals surface area contributed by atoms with Gasteiger partial charge in [0.1, 0.15) is 0 Å². The van der Waals surface area contributed by atoms with Crippen LogP contribution in [-0.2, 0) is 28.9 Å². The molecule has 1 aliphatic heterocycles. The summed E-state index contributed by atoms with van der Waals surface area (Å²) in [6.07, 6.45) is 5.65. The van der Waals surface area contributed by atoms with E-state index in [2.05, 4.69) is 12.0 Å². The predicted molar refractivity (Wildman–Crippen MR) is 87.3 cm³/mol. The number of aromatic nitrogens is 3. The van der Waals surface area contributed by atoms with Gasteiger partial charge in [0.25, 0.3) is 6.33 Å². The Hall–Kier alpha value is -1.14. The maximum Gasteiger partial charge on any atom is 0.264 e. The van der Waals surface area contributed by atoms with Crippen molar-refractivity contribution in [3.63, 3.8) is 0 Å². The van der Waals surface area contributed by atoms with Crippen molar-refractivity contribution in [1.29, 1.82) is 0 Å². The lowest BCUT2D eigenvalue weighted by molar-refractivity contribution is -0.672. The van der Waals surface area contributed by atoms with Gasteiger partial charge in [0.05, 0.1) is 24.8 Å². The lowest BCUT2D eigenvalue weighted by atomic mass is 10.1. The monoisotopic (exact) mass is 356 g/mol. The topological polar surface area (TPSA) is 40.2 Å². The molecule has 1 aromatic heterocycles. The third kappa shape index (κ3) is 3.53. The summed E-state index contributed by atoms with van der Waals surface area (Å²) < 4.78 is 16.1. The summed E-state index contributed by atoms with van der Waals surface area (Å²) in [6, 6.07) is 5.37. The summed E-state index contributed by atoms with van der Waals surface area (Å²) in [5.74, 6) is -0.944. The Morgan fingerprint density at radius 2 is 2.26 bits per heavy atom. The molecule has 0 spiro atoms. The van der Waals surface area contributed by atoms with Crippen molar-refractivity contribution in [3.05, 3.63) is 46.5 Å². The summed E-state index contributed by atoms with van der Waals surface area (Å²) in [5.41, 5.74) is 0.778. The molecule has 1 aromatic carbocycles. The first-order valence-electron chi connectivity index (χ1n) is 7.67. The van der Waals surface area contributed by atoms with Crippen LogP contribution in [0.5, 0.6) is 0 Å². The maximum atomic E-state index is 6.42. The fourth-order valence-electron chi connectivity index (χ4n) is 2.85. The van der Waals surface area contributed by atoms with Crippen LogP contribution in [0.4, 0.5) is 0 Å². The molecular formula is C16H20Cl2N3O2+. The molecule has 124 valence electrons. The number of nitrogens with zero attached hydrogens (tertiary/aromatic N) is 3. The van der Waals surface area contributed by atoms with Gasteiger partial charge in [-0.05, 0) is 18.6 Å². The van der Waals surface area contributed by atoms with E-state index in [4.69, 9.17) is 32.7 Å². The van der Waals surface area contributed by atoms with Crippen molar-refractivity contribution >= 4 is 23.2 Å². The van der Waals surface area contributed by atoms with Crippen LogP contribution in [0.1, 0.15) is 25.3 Å². The molecule has 0 N–H and O–H groups in total. The van der Waals surface area contributed by atoms with E-state index in [-0.39, 0.29) is 6.10 Å². The number of halogens is 2. The molecule has 1 saturated heterocycles. The Labute approximate surface area is 145 Å². The SMILES string of the molecule is CCC[C@@H]1CO[C@](Cn2c[n+](C)cn2)(c2ccc(Cl)cc2Cl)O1. The fraction of sp³-hybridized carbons (Fsp3) is 0.500. The van der Waals surface area contributed by atoms with Crippen molar-refractivity contribution in [2.45, 2.75) is 38.2 Å². The molecule has 0 saturated carbocycles. The van der Waals surface area contributed by atoms with E-state index in [0.717, 1.165) is 18.4 Å². The lowest BCUT2D eigenvalue weighted by Crippen LogP contribution is -2.35. The molecule has 1 aliphatic rings. The Kier molecular flexibility index (Phi) is 4.92. The van der Waals surface area contributed by atoms with Crippen LogP contribution in [0, 0.1) is 0 Å². The van der Waals surface area contributed by atoms with E-state index in [1.54, 1.807) is 23.1 Å². The van der Waals surface area contributed by atoms with Crippen molar-refractivity contribution in [2.75, 3.05) is 6.61 Å². The lowest BCUT2D eigenvalue weighted by Gasteiger charge is -2.27. The number of hydrogen-bond acceptors (Lipinski definition) is 3. The van der Waals surface area contributed by atoms with Gasteiger partial charge in [-0.3, -0.25) is 0 Å². The molecule has 0 amide bonds. The first-order valence-corrected chi connectivity index (χ1v) is 8.43. The van der Waals surface area contributed by atoms with Crippen molar-refractivity contribution in [3.8, 4) is 0 Å². The molecule has 7 heteroatoms. The van der Waals surface area contributed by atoms with Crippen molar-refractivity contribution in [1.82, 2.24) is 9.78 Å². The zero-order chi connectivity index (χ0) is 16.4. The highest BCUT2D eigenvalue weighted by atomic mass is 35.5. The van der Waals surface area contributed by atoms with E-state index < -0.39 is 5.79 Å². The summed E-state index contributed by atoms with van der Waals surface area (Å²) in [4.78, 5) is 0. The van der Waals surface area contributed by atoms with Gasteiger partial charge in [-0.25, -0.2) is 4.57 Å². The number of rotatable bonds is 5. The van der Waals surface area contributed by atoms with Crippen LogP contribution >= 0.6 is 23.2 Å². The van der Waals surface area contributed by atoms with Crippen LogP contribution in [0.25, 0.3) is 0 Å². The quantitative estimate of drug-likeness (QED) is 0.773. The van der Waals surface area contributed by atoms with Crippen molar-refractivity contribution in [2.24, 2.45) is 7.05 Å². The van der Waals surface area contributed by atoms with Crippen LogP contribution in [-0.4, -0.2) is 22.5 Å². The number of ether oxygens (including phenoxy) is 2. The highest BCUT2D eigenvalue weighted by molar-refractivity contribution is 6.35. The maximum absolute atomic E-state index is 6.42. The van der Waals surface area contributed by atoms with Gasteiger partial charge in [0.2, 0.25) is 12.1 Å². The van der Waals surface area contributed by atoms with Crippen LogP contribution < -0.4 is 4.57 Å². The predicted octanol–water partition coefficient (Wildman–Crippen LogP) is 3.08. The molecule has 0 bridgehead atoms. The molecule has 3 rings (SSSR count). The fourth-order valence-corrected chi connectivity index (χ4v) is 3.40. The Morgan fingerprint density at radius 1 is 1.43 bits per heavy atom. The molecule has 0 radical (unpaired) electrons. The third-order valence-electron chi connectivity index (χ3n) is 3.88. The zero-order valence-electron chi connectivity index (χ0n) is 13.2. The summed E-state index contributed by atoms with van der Waals surface area (Å²) >= 11 is 12.4. The van der Waals surface area contributed by atoms with E-state index in [1.165, 1.54) is 0 Å². The van der Waals surface area contributed by atoms with Gasteiger partial charge in [-0.2, -0.15) is 0 Å². The summed E-state index contributed by atoms with van der Waals surface area (Å²) in [5, 5.41) is 5.44. The number of aryl methyl sites for hydroxylation is 1. The summed E-state index contributed by atoms with van der Waals surface area (Å²) in [7, 11) is 1.92. The Balaban J connectivity index is 1.96. The minimum Gasteiger partial charge on any atom is -0.341 e. The molecule has 2 atom stereocenters. The van der Waals surface area contributed by atoms with Crippen LogP contribution in [0.2, 0.25) is 10.0 Å². The first kappa shape index (κ1) is 16.7. The zero-order valence-corrected chi connectivity index (χ0v) is 14.7. The second kappa shape index (κ2) is 6.77. The third-order valence-corrected chi connectivity index (χ3v) is 4.43. The van der Waals surface area contributed by atoms with Gasteiger partial charge in [-0.1, -0.05) is 42.6 Å². The van der Waals surface area contributed by atoms with Crippen molar-refractivity contribution < 1.29 is 14.0 Å². The standard InChI is InChI=1S/C16H20Cl2N3O2/c1-3-4-13-8-22-16(23-13,9-21-11-20(2)10-19-21)14-6-5-12(17)7-15(14)18/h5-7,10-11,13H,3-4,8-9H2,1-2H3/q+1/t13-,16+/m1/s1. The second-order valence-corrected chi connectivity index (χ2v) is 6.67. The van der Waals surface area contributed by atoms with Crippen LogP contribution in [0.3, 0.4) is 0 Å². The molecule has 2 aromatic rings. The smallest absolute Gasteiger partial charge is 0.264 e. The normalized spacial score (nSPS) is 24.3. The Bertz CT molecular complexity index is 692. The second-order valence-electron chi connectivity index (χ2n) is 5.83. The van der Waals surface area contributed by atoms with E-state index >= 15 is 0 Å². The molecule has 0 aliphatic carbocycles. The first-order chi connectivity index (χ1) is 11.0. The van der Waals surface area contributed by atoms with Crippen LogP contribution in [0.15, 0.2) is 30.9 Å². The van der Waals surface area contributed by atoms with Gasteiger partial charge >= 0.3 is 0 Å². The summed E-state index contributed by atoms with van der Waals surface area (Å²) in [6.45, 7) is 3.10. The van der Waals surface area contributed by atoms with Gasteiger partial charge < -0.3 is 9.47 Å². The minimum absolute atomic E-state index is 0.0519. The number of benzene rings is 1. The highest BCUT2D eigenvalue weighted by Crippen LogP contribution is 2.41.